The van der Waals surface area contributed by atoms with E-state index in [2.05, 4.69) is 10.3 Å². The van der Waals surface area contributed by atoms with Gasteiger partial charge in [-0.3, -0.25) is 4.79 Å². The molecule has 1 aromatic heterocycles. The Morgan fingerprint density at radius 2 is 1.58 bits per heavy atom. The number of aromatic amines is 1. The third-order valence-corrected chi connectivity index (χ3v) is 10.5. The van der Waals surface area contributed by atoms with Crippen molar-refractivity contribution in [1.29, 1.82) is 0 Å². The summed E-state index contributed by atoms with van der Waals surface area (Å²) in [7, 11) is -3.81. The number of nitrogens with one attached hydrogen (secondary N) is 2. The number of fused-ring (bicyclic) bond motifs is 1. The first-order valence-electron chi connectivity index (χ1n) is 11.7. The summed E-state index contributed by atoms with van der Waals surface area (Å²) in [5.41, 5.74) is 1.30. The van der Waals surface area contributed by atoms with Crippen LogP contribution < -0.4 is 9.29 Å². The maximum atomic E-state index is 13.5. The molecule has 0 atom stereocenters. The highest BCUT2D eigenvalue weighted by Crippen LogP contribution is 2.53. The van der Waals surface area contributed by atoms with Gasteiger partial charge >= 0.3 is 15.2 Å². The van der Waals surface area contributed by atoms with E-state index in [0.29, 0.717) is 22.5 Å². The van der Waals surface area contributed by atoms with Crippen molar-refractivity contribution in [1.82, 2.24) is 10.3 Å². The third-order valence-electron chi connectivity index (χ3n) is 7.72. The molecule has 6 nitrogen and oxygen atoms in total. The summed E-state index contributed by atoms with van der Waals surface area (Å²) in [6.07, 6.45) is 6.40. The second kappa shape index (κ2) is 8.17. The van der Waals surface area contributed by atoms with Crippen LogP contribution in [0.3, 0.4) is 0 Å². The number of amides is 1. The highest BCUT2D eigenvalue weighted by molar-refractivity contribution is 8.00. The number of para-hydroxylation sites is 2. The van der Waals surface area contributed by atoms with Crippen molar-refractivity contribution in [3.05, 3.63) is 54.6 Å². The molecular weight excluding hydrogens is 454 g/mol. The Hall–Kier alpha value is -2.32. The molecule has 7 rings (SSSR count). The van der Waals surface area contributed by atoms with Gasteiger partial charge in [0.15, 0.2) is 11.0 Å². The van der Waals surface area contributed by atoms with E-state index < -0.39 is 10.0 Å². The molecule has 2 N–H and O–H groups in total. The molecule has 172 valence electrons. The number of benzene rings is 2. The largest absolute Gasteiger partial charge is 0.352 e. The number of imidazole rings is 1. The predicted octanol–water partition coefficient (Wildman–Crippen LogP) is 3.73. The van der Waals surface area contributed by atoms with Crippen LogP contribution in [0.1, 0.15) is 32.1 Å². The first-order valence-corrected chi connectivity index (χ1v) is 14.2. The fourth-order valence-electron chi connectivity index (χ4n) is 6.59. The Morgan fingerprint density at radius 3 is 2.27 bits per heavy atom. The standard InChI is InChI=1S/C25H27N3O3S2/c29-23(27-24-18-11-16-10-17(13-18)14-19(24)12-16)15-32-25-26-21-8-4-5-9-22(21)28(25)33(30,31)20-6-2-1-3-7-20/h1-9,16-19,24H,10-15H2,(H,27,29)/p+1. The molecule has 33 heavy (non-hydrogen) atoms. The van der Waals surface area contributed by atoms with E-state index in [0.717, 1.165) is 17.4 Å². The smallest absolute Gasteiger partial charge is 0.336 e. The number of thioether (sulfide) groups is 1. The van der Waals surface area contributed by atoms with Crippen molar-refractivity contribution in [2.24, 2.45) is 23.7 Å². The van der Waals surface area contributed by atoms with E-state index in [9.17, 15) is 13.2 Å². The Kier molecular flexibility index (Phi) is 5.25. The van der Waals surface area contributed by atoms with E-state index in [1.807, 2.05) is 18.2 Å². The zero-order chi connectivity index (χ0) is 22.6. The number of carbonyl (C=O) groups is 1. The summed E-state index contributed by atoms with van der Waals surface area (Å²) in [4.78, 5) is 16.4. The number of H-pyrrole nitrogens is 1. The van der Waals surface area contributed by atoms with Crippen LogP contribution in [0.25, 0.3) is 11.0 Å². The lowest BCUT2D eigenvalue weighted by molar-refractivity contribution is -0.526. The number of rotatable bonds is 6. The maximum Gasteiger partial charge on any atom is 0.336 e. The van der Waals surface area contributed by atoms with Crippen LogP contribution in [-0.2, 0) is 14.8 Å². The minimum absolute atomic E-state index is 0.0141. The van der Waals surface area contributed by atoms with Crippen LogP contribution in [0.2, 0.25) is 0 Å². The number of hydrogen-bond donors (Lipinski definition) is 2. The summed E-state index contributed by atoms with van der Waals surface area (Å²) < 4.78 is 28.3. The van der Waals surface area contributed by atoms with Gasteiger partial charge in [-0.2, -0.15) is 8.42 Å². The van der Waals surface area contributed by atoms with Crippen molar-refractivity contribution < 1.29 is 17.2 Å². The number of aromatic nitrogens is 2. The molecule has 0 spiro atoms. The van der Waals surface area contributed by atoms with Crippen LogP contribution in [0.4, 0.5) is 0 Å². The summed E-state index contributed by atoms with van der Waals surface area (Å²) in [5.74, 6) is 3.13. The summed E-state index contributed by atoms with van der Waals surface area (Å²) in [6.45, 7) is 0. The predicted molar refractivity (Wildman–Crippen MR) is 127 cm³/mol. The number of carbonyl (C=O) groups excluding carboxylic acids is 1. The second-order valence-corrected chi connectivity index (χ2v) is 12.6. The molecule has 3 aromatic rings. The van der Waals surface area contributed by atoms with E-state index in [-0.39, 0.29) is 22.6 Å². The molecule has 0 unspecified atom stereocenters. The van der Waals surface area contributed by atoms with Gasteiger partial charge in [-0.1, -0.05) is 30.3 Å². The third kappa shape index (κ3) is 3.77. The zero-order valence-corrected chi connectivity index (χ0v) is 19.9. The molecule has 1 heterocycles. The SMILES string of the molecule is O=C(CSc1[nH]c2ccccc2[n+]1S(=O)(=O)c1ccccc1)NC1C2CC3CC(C2)CC1C3. The van der Waals surface area contributed by atoms with Crippen molar-refractivity contribution in [3.8, 4) is 0 Å². The zero-order valence-electron chi connectivity index (χ0n) is 18.3. The minimum Gasteiger partial charge on any atom is -0.352 e. The molecule has 4 aliphatic carbocycles. The van der Waals surface area contributed by atoms with Crippen molar-refractivity contribution in [2.75, 3.05) is 5.75 Å². The molecule has 4 aliphatic rings. The van der Waals surface area contributed by atoms with Gasteiger partial charge < -0.3 is 5.32 Å². The van der Waals surface area contributed by atoms with Gasteiger partial charge in [0.25, 0.3) is 0 Å². The fourth-order valence-corrected chi connectivity index (χ4v) is 9.18. The highest BCUT2D eigenvalue weighted by Gasteiger charge is 2.48. The molecule has 2 aromatic carbocycles. The molecule has 4 bridgehead atoms. The second-order valence-electron chi connectivity index (χ2n) is 9.84. The van der Waals surface area contributed by atoms with Crippen molar-refractivity contribution in [2.45, 2.75) is 48.2 Å². The maximum absolute atomic E-state index is 13.5. The van der Waals surface area contributed by atoms with Crippen LogP contribution in [-0.4, -0.2) is 31.1 Å². The van der Waals surface area contributed by atoms with Crippen LogP contribution in [0, 0.1) is 23.7 Å². The normalized spacial score (nSPS) is 28.3. The molecule has 0 aliphatic heterocycles. The Labute approximate surface area is 198 Å². The first kappa shape index (κ1) is 21.2. The van der Waals surface area contributed by atoms with Gasteiger partial charge in [0, 0.05) is 6.04 Å². The number of nitrogens with zero attached hydrogens (tertiary/aromatic N) is 1. The molecular formula is C25H28N3O3S2+. The monoisotopic (exact) mass is 482 g/mol. The lowest BCUT2D eigenvalue weighted by Gasteiger charge is -2.54. The van der Waals surface area contributed by atoms with Gasteiger partial charge in [-0.05, 0) is 91.8 Å². The van der Waals surface area contributed by atoms with Crippen LogP contribution in [0.5, 0.6) is 0 Å². The molecule has 0 saturated heterocycles. The number of hydrogen-bond acceptors (Lipinski definition) is 4. The van der Waals surface area contributed by atoms with Gasteiger partial charge in [-0.25, -0.2) is 4.98 Å². The van der Waals surface area contributed by atoms with Crippen molar-refractivity contribution >= 4 is 38.7 Å². The topological polar surface area (TPSA) is 82.9 Å². The summed E-state index contributed by atoms with van der Waals surface area (Å²) in [6, 6.07) is 16.0. The Bertz CT molecular complexity index is 1270. The van der Waals surface area contributed by atoms with Gasteiger partial charge in [0.2, 0.25) is 5.91 Å². The fraction of sp³-hybridized carbons (Fsp3) is 0.440. The molecule has 4 saturated carbocycles. The lowest BCUT2D eigenvalue weighted by atomic mass is 9.54. The molecule has 0 radical (unpaired) electrons. The van der Waals surface area contributed by atoms with E-state index in [4.69, 9.17) is 0 Å². The summed E-state index contributed by atoms with van der Waals surface area (Å²) >= 11 is 1.24. The van der Waals surface area contributed by atoms with Gasteiger partial charge in [0.05, 0.1) is 5.75 Å². The molecule has 4 fully saturated rings. The molecule has 1 amide bonds. The average Bonchev–Trinajstić information content (AvgIpc) is 3.19. The first-order chi connectivity index (χ1) is 16.0. The quantitative estimate of drug-likeness (QED) is 0.414. The Morgan fingerprint density at radius 1 is 0.939 bits per heavy atom. The van der Waals surface area contributed by atoms with Crippen LogP contribution in [0.15, 0.2) is 64.6 Å². The highest BCUT2D eigenvalue weighted by atomic mass is 32.2. The van der Waals surface area contributed by atoms with E-state index in [1.165, 1.54) is 47.8 Å². The average molecular weight is 483 g/mol. The Balaban J connectivity index is 1.24. The lowest BCUT2D eigenvalue weighted by Crippen LogP contribution is -2.56. The van der Waals surface area contributed by atoms with Crippen molar-refractivity contribution in [3.63, 3.8) is 0 Å². The summed E-state index contributed by atoms with van der Waals surface area (Å²) in [5, 5.41) is 3.77. The van der Waals surface area contributed by atoms with Crippen LogP contribution >= 0.6 is 11.8 Å². The minimum atomic E-state index is -3.81. The van der Waals surface area contributed by atoms with Gasteiger partial charge in [-0.15, -0.1) is 3.97 Å². The van der Waals surface area contributed by atoms with Gasteiger partial charge in [0.1, 0.15) is 4.90 Å². The molecule has 8 heteroatoms. The van der Waals surface area contributed by atoms with E-state index in [1.54, 1.807) is 36.4 Å². The van der Waals surface area contributed by atoms with E-state index >= 15 is 0 Å².